The Morgan fingerprint density at radius 3 is 2.21 bits per heavy atom. The molecule has 0 atom stereocenters. The molecule has 1 aliphatic heterocycles. The van der Waals surface area contributed by atoms with E-state index in [0.29, 0.717) is 32.8 Å². The van der Waals surface area contributed by atoms with Gasteiger partial charge in [0.1, 0.15) is 13.2 Å². The molecular weight excluding hydrogens is 314 g/mol. The minimum absolute atomic E-state index is 0.0716. The third-order valence-electron chi connectivity index (χ3n) is 2.94. The minimum Gasteiger partial charge on any atom is -0.486 e. The highest BCUT2D eigenvalue weighted by molar-refractivity contribution is 9.10. The van der Waals surface area contributed by atoms with Crippen molar-refractivity contribution in [2.75, 3.05) is 39.5 Å². The molecule has 106 valence electrons. The Balaban J connectivity index is 2.14. The number of rotatable bonds is 6. The largest absolute Gasteiger partial charge is 0.486 e. The van der Waals surface area contributed by atoms with Gasteiger partial charge >= 0.3 is 0 Å². The van der Waals surface area contributed by atoms with Gasteiger partial charge in [0.2, 0.25) is 0 Å². The zero-order chi connectivity index (χ0) is 13.7. The summed E-state index contributed by atoms with van der Waals surface area (Å²) in [5.74, 6) is 1.50. The molecule has 2 rings (SSSR count). The van der Waals surface area contributed by atoms with Crippen molar-refractivity contribution in [3.63, 3.8) is 0 Å². The molecule has 0 bridgehead atoms. The van der Waals surface area contributed by atoms with Crippen molar-refractivity contribution in [3.8, 4) is 11.5 Å². The van der Waals surface area contributed by atoms with Gasteiger partial charge in [-0.05, 0) is 17.7 Å². The Bertz CT molecular complexity index is 421. The number of nitrogens with zero attached hydrogens (tertiary/aromatic N) is 1. The van der Waals surface area contributed by atoms with Crippen LogP contribution in [0.15, 0.2) is 16.6 Å². The lowest BCUT2D eigenvalue weighted by atomic mass is 10.1. The lowest BCUT2D eigenvalue weighted by Crippen LogP contribution is -2.29. The van der Waals surface area contributed by atoms with Crippen molar-refractivity contribution in [1.82, 2.24) is 4.90 Å². The van der Waals surface area contributed by atoms with Crippen LogP contribution in [-0.2, 0) is 6.54 Å². The Kier molecular flexibility index (Phi) is 5.45. The lowest BCUT2D eigenvalue weighted by Gasteiger charge is -2.23. The Morgan fingerprint density at radius 2 is 1.63 bits per heavy atom. The number of hydrogen-bond acceptors (Lipinski definition) is 5. The summed E-state index contributed by atoms with van der Waals surface area (Å²) in [6.45, 7) is 2.97. The second kappa shape index (κ2) is 7.09. The third-order valence-corrected chi connectivity index (χ3v) is 3.68. The van der Waals surface area contributed by atoms with Crippen LogP contribution in [0, 0.1) is 0 Å². The molecule has 19 heavy (non-hydrogen) atoms. The van der Waals surface area contributed by atoms with Gasteiger partial charge in [0, 0.05) is 24.1 Å². The molecule has 0 saturated carbocycles. The third kappa shape index (κ3) is 3.82. The topological polar surface area (TPSA) is 62.2 Å². The van der Waals surface area contributed by atoms with Gasteiger partial charge in [0.05, 0.1) is 13.2 Å². The van der Waals surface area contributed by atoms with Crippen molar-refractivity contribution in [1.29, 1.82) is 0 Å². The van der Waals surface area contributed by atoms with E-state index in [4.69, 9.17) is 19.7 Å². The summed E-state index contributed by atoms with van der Waals surface area (Å²) >= 11 is 3.52. The fraction of sp³-hybridized carbons (Fsp3) is 0.538. The van der Waals surface area contributed by atoms with Crippen molar-refractivity contribution in [2.45, 2.75) is 6.54 Å². The lowest BCUT2D eigenvalue weighted by molar-refractivity contribution is 0.154. The van der Waals surface area contributed by atoms with Gasteiger partial charge in [-0.2, -0.15) is 0 Å². The van der Waals surface area contributed by atoms with Crippen molar-refractivity contribution in [3.05, 3.63) is 22.2 Å². The fourth-order valence-electron chi connectivity index (χ4n) is 2.02. The van der Waals surface area contributed by atoms with E-state index in [1.807, 2.05) is 17.0 Å². The van der Waals surface area contributed by atoms with Crippen LogP contribution in [0.4, 0.5) is 0 Å². The van der Waals surface area contributed by atoms with Crippen molar-refractivity contribution in [2.24, 2.45) is 0 Å². The number of aliphatic hydroxyl groups is 2. The molecule has 6 heteroatoms. The minimum atomic E-state index is 0.0716. The molecule has 0 aliphatic carbocycles. The van der Waals surface area contributed by atoms with Crippen LogP contribution in [0.2, 0.25) is 0 Å². The van der Waals surface area contributed by atoms with Gasteiger partial charge in [-0.15, -0.1) is 0 Å². The van der Waals surface area contributed by atoms with E-state index in [1.54, 1.807) is 0 Å². The number of fused-ring (bicyclic) bond motifs is 1. The molecule has 0 radical (unpaired) electrons. The zero-order valence-electron chi connectivity index (χ0n) is 10.6. The number of halogens is 1. The molecule has 0 saturated heterocycles. The molecule has 1 aliphatic rings. The maximum atomic E-state index is 9.02. The van der Waals surface area contributed by atoms with Gasteiger partial charge in [0.25, 0.3) is 0 Å². The van der Waals surface area contributed by atoms with Gasteiger partial charge in [-0.3, -0.25) is 4.90 Å². The van der Waals surface area contributed by atoms with Crippen LogP contribution >= 0.6 is 15.9 Å². The summed E-state index contributed by atoms with van der Waals surface area (Å²) in [5.41, 5.74) is 1.05. The van der Waals surface area contributed by atoms with Crippen LogP contribution in [0.5, 0.6) is 11.5 Å². The van der Waals surface area contributed by atoms with E-state index < -0.39 is 0 Å². The zero-order valence-corrected chi connectivity index (χ0v) is 12.2. The predicted molar refractivity (Wildman–Crippen MR) is 74.6 cm³/mol. The van der Waals surface area contributed by atoms with E-state index >= 15 is 0 Å². The first-order valence-electron chi connectivity index (χ1n) is 6.26. The quantitative estimate of drug-likeness (QED) is 0.814. The van der Waals surface area contributed by atoms with Crippen molar-refractivity contribution < 1.29 is 19.7 Å². The smallest absolute Gasteiger partial charge is 0.162 e. The monoisotopic (exact) mass is 331 g/mol. The maximum Gasteiger partial charge on any atom is 0.162 e. The summed E-state index contributed by atoms with van der Waals surface area (Å²) in [7, 11) is 0. The molecule has 0 amide bonds. The van der Waals surface area contributed by atoms with E-state index in [-0.39, 0.29) is 13.2 Å². The van der Waals surface area contributed by atoms with Gasteiger partial charge in [0.15, 0.2) is 11.5 Å². The molecule has 0 fully saturated rings. The average Bonchev–Trinajstić information content (AvgIpc) is 2.40. The second-order valence-electron chi connectivity index (χ2n) is 4.31. The molecule has 2 N–H and O–H groups in total. The number of aliphatic hydroxyl groups excluding tert-OH is 2. The highest BCUT2D eigenvalue weighted by Crippen LogP contribution is 2.35. The standard InChI is InChI=1S/C13H18BrNO4/c14-11-8-13-12(18-5-6-19-13)7-10(11)9-15(1-3-16)2-4-17/h7-8,16-17H,1-6,9H2. The van der Waals surface area contributed by atoms with Gasteiger partial charge < -0.3 is 19.7 Å². The van der Waals surface area contributed by atoms with E-state index in [0.717, 1.165) is 21.5 Å². The molecule has 0 spiro atoms. The number of ether oxygens (including phenoxy) is 2. The summed E-state index contributed by atoms with van der Waals surface area (Å²) in [6, 6.07) is 3.85. The SMILES string of the molecule is OCCN(CCO)Cc1cc2c(cc1Br)OCCO2. The first-order valence-corrected chi connectivity index (χ1v) is 7.06. The number of benzene rings is 1. The molecule has 1 heterocycles. The predicted octanol–water partition coefficient (Wildman–Crippen LogP) is 1.01. The fourth-order valence-corrected chi connectivity index (χ4v) is 2.47. The van der Waals surface area contributed by atoms with Gasteiger partial charge in [-0.1, -0.05) is 15.9 Å². The van der Waals surface area contributed by atoms with Crippen LogP contribution in [0.3, 0.4) is 0 Å². The average molecular weight is 332 g/mol. The highest BCUT2D eigenvalue weighted by Gasteiger charge is 2.16. The van der Waals surface area contributed by atoms with Crippen LogP contribution in [0.25, 0.3) is 0 Å². The van der Waals surface area contributed by atoms with Crippen LogP contribution in [0.1, 0.15) is 5.56 Å². The number of hydrogen-bond donors (Lipinski definition) is 2. The Labute approximate surface area is 120 Å². The molecule has 0 aromatic heterocycles. The first kappa shape index (κ1) is 14.6. The normalized spacial score (nSPS) is 13.9. The summed E-state index contributed by atoms with van der Waals surface area (Å²) in [5, 5.41) is 18.0. The van der Waals surface area contributed by atoms with Crippen LogP contribution < -0.4 is 9.47 Å². The van der Waals surface area contributed by atoms with Crippen LogP contribution in [-0.4, -0.2) is 54.6 Å². The summed E-state index contributed by atoms with van der Waals surface area (Å²) in [6.07, 6.45) is 0. The van der Waals surface area contributed by atoms with E-state index in [1.165, 1.54) is 0 Å². The second-order valence-corrected chi connectivity index (χ2v) is 5.16. The Morgan fingerprint density at radius 1 is 1.05 bits per heavy atom. The molecule has 0 unspecified atom stereocenters. The molecule has 1 aromatic rings. The summed E-state index contributed by atoms with van der Waals surface area (Å²) in [4.78, 5) is 1.98. The Hall–Kier alpha value is -0.820. The maximum absolute atomic E-state index is 9.02. The summed E-state index contributed by atoms with van der Waals surface area (Å²) < 4.78 is 12.0. The van der Waals surface area contributed by atoms with E-state index in [2.05, 4.69) is 15.9 Å². The molecule has 5 nitrogen and oxygen atoms in total. The highest BCUT2D eigenvalue weighted by atomic mass is 79.9. The molecular formula is C13H18BrNO4. The van der Waals surface area contributed by atoms with Gasteiger partial charge in [-0.25, -0.2) is 0 Å². The first-order chi connectivity index (χ1) is 9.24. The molecule has 1 aromatic carbocycles. The van der Waals surface area contributed by atoms with Crippen molar-refractivity contribution >= 4 is 15.9 Å². The van der Waals surface area contributed by atoms with E-state index in [9.17, 15) is 0 Å².